The Morgan fingerprint density at radius 3 is 2.92 bits per heavy atom. The maximum absolute atomic E-state index is 10.1. The molecule has 3 nitrogen and oxygen atoms in total. The Labute approximate surface area is 74.3 Å². The highest BCUT2D eigenvalue weighted by atomic mass is 35.5. The monoisotopic (exact) mass is 186 g/mol. The van der Waals surface area contributed by atoms with Crippen LogP contribution in [0, 0.1) is 0 Å². The third kappa shape index (κ3) is 2.80. The summed E-state index contributed by atoms with van der Waals surface area (Å²) in [6.45, 7) is 0. The number of carboxylic acid groups (broad SMARTS) is 1. The van der Waals surface area contributed by atoms with Gasteiger partial charge in [-0.05, 0) is 29.8 Å². The number of rotatable bonds is 3. The minimum Gasteiger partial charge on any atom is -0.481 e. The number of hydrogen-bond donors (Lipinski definition) is 1. The third-order valence-corrected chi connectivity index (χ3v) is 1.37. The molecule has 0 aliphatic rings. The molecule has 4 heteroatoms. The van der Waals surface area contributed by atoms with Crippen molar-refractivity contribution in [3.05, 3.63) is 29.2 Å². The van der Waals surface area contributed by atoms with Gasteiger partial charge >= 0.3 is 5.97 Å². The summed E-state index contributed by atoms with van der Waals surface area (Å²) in [4.78, 5) is 10.1. The molecule has 0 aliphatic carbocycles. The van der Waals surface area contributed by atoms with Crippen LogP contribution in [0.15, 0.2) is 22.6 Å². The molecule has 1 aromatic rings. The minimum absolute atomic E-state index is 0.0156. The molecule has 1 rings (SSSR count). The first-order valence-corrected chi connectivity index (χ1v) is 3.70. The standard InChI is InChI=1S/C8H7ClO3/c9-7-5-4-6(12-7)2-1-3-8(10)11/h1-2,4-5H,3H2,(H,10,11)/b2-1-. The second-order valence-electron chi connectivity index (χ2n) is 2.14. The molecular formula is C8H7ClO3. The fourth-order valence-electron chi connectivity index (χ4n) is 0.694. The van der Waals surface area contributed by atoms with Crippen LogP contribution in [0.5, 0.6) is 0 Å². The maximum atomic E-state index is 10.1. The Kier molecular flexibility index (Phi) is 2.94. The highest BCUT2D eigenvalue weighted by Crippen LogP contribution is 2.14. The van der Waals surface area contributed by atoms with E-state index in [0.29, 0.717) is 11.0 Å². The van der Waals surface area contributed by atoms with Crippen LogP contribution < -0.4 is 0 Å². The molecule has 64 valence electrons. The lowest BCUT2D eigenvalue weighted by Crippen LogP contribution is -1.89. The van der Waals surface area contributed by atoms with Crippen molar-refractivity contribution in [3.63, 3.8) is 0 Å². The molecule has 1 N–H and O–H groups in total. The van der Waals surface area contributed by atoms with Crippen LogP contribution in [0.1, 0.15) is 12.2 Å². The topological polar surface area (TPSA) is 50.4 Å². The zero-order chi connectivity index (χ0) is 8.97. The van der Waals surface area contributed by atoms with Gasteiger partial charge in [-0.2, -0.15) is 0 Å². The van der Waals surface area contributed by atoms with E-state index in [2.05, 4.69) is 0 Å². The van der Waals surface area contributed by atoms with Gasteiger partial charge in [-0.15, -0.1) is 0 Å². The lowest BCUT2D eigenvalue weighted by Gasteiger charge is -1.83. The first kappa shape index (κ1) is 8.87. The molecule has 0 unspecified atom stereocenters. The van der Waals surface area contributed by atoms with Crippen molar-refractivity contribution in [3.8, 4) is 0 Å². The second kappa shape index (κ2) is 3.97. The molecule has 0 amide bonds. The zero-order valence-corrected chi connectivity index (χ0v) is 6.91. The summed E-state index contributed by atoms with van der Waals surface area (Å²) in [6.07, 6.45) is 3.05. The van der Waals surface area contributed by atoms with Crippen molar-refractivity contribution in [1.29, 1.82) is 0 Å². The SMILES string of the molecule is O=C(O)C/C=C\c1ccc(Cl)o1. The van der Waals surface area contributed by atoms with Crippen molar-refractivity contribution < 1.29 is 14.3 Å². The number of carbonyl (C=O) groups is 1. The van der Waals surface area contributed by atoms with E-state index in [1.165, 1.54) is 6.08 Å². The first-order chi connectivity index (χ1) is 5.68. The number of carboxylic acids is 1. The minimum atomic E-state index is -0.871. The van der Waals surface area contributed by atoms with Crippen LogP contribution in [0.2, 0.25) is 5.22 Å². The van der Waals surface area contributed by atoms with Crippen molar-refractivity contribution in [2.75, 3.05) is 0 Å². The Morgan fingerprint density at radius 1 is 1.67 bits per heavy atom. The van der Waals surface area contributed by atoms with Crippen LogP contribution in [-0.2, 0) is 4.79 Å². The van der Waals surface area contributed by atoms with Gasteiger partial charge in [-0.3, -0.25) is 4.79 Å². The van der Waals surface area contributed by atoms with E-state index in [9.17, 15) is 4.79 Å². The van der Waals surface area contributed by atoms with Gasteiger partial charge < -0.3 is 9.52 Å². The Bertz CT molecular complexity index is 301. The van der Waals surface area contributed by atoms with Gasteiger partial charge in [-0.1, -0.05) is 6.08 Å². The smallest absolute Gasteiger partial charge is 0.307 e. The molecule has 0 radical (unpaired) electrons. The summed E-state index contributed by atoms with van der Waals surface area (Å²) in [6, 6.07) is 3.27. The average molecular weight is 187 g/mol. The van der Waals surface area contributed by atoms with Gasteiger partial charge in [0, 0.05) is 0 Å². The molecule has 0 fully saturated rings. The van der Waals surface area contributed by atoms with Crippen molar-refractivity contribution >= 4 is 23.6 Å². The molecular weight excluding hydrogens is 180 g/mol. The van der Waals surface area contributed by atoms with E-state index in [1.54, 1.807) is 18.2 Å². The molecule has 0 aliphatic heterocycles. The molecule has 0 aromatic carbocycles. The summed E-state index contributed by atoms with van der Waals surface area (Å²) in [5.74, 6) is -0.315. The normalized spacial score (nSPS) is 10.8. The molecule has 0 saturated heterocycles. The summed E-state index contributed by atoms with van der Waals surface area (Å²) in [5, 5.41) is 8.59. The number of halogens is 1. The van der Waals surface area contributed by atoms with Crippen molar-refractivity contribution in [2.24, 2.45) is 0 Å². The summed E-state index contributed by atoms with van der Waals surface area (Å²) >= 11 is 5.48. The van der Waals surface area contributed by atoms with Gasteiger partial charge in [-0.25, -0.2) is 0 Å². The molecule has 12 heavy (non-hydrogen) atoms. The van der Waals surface area contributed by atoms with E-state index < -0.39 is 5.97 Å². The molecule has 0 saturated carbocycles. The van der Waals surface area contributed by atoms with E-state index in [0.717, 1.165) is 0 Å². The molecule has 1 aromatic heterocycles. The number of hydrogen-bond acceptors (Lipinski definition) is 2. The maximum Gasteiger partial charge on any atom is 0.307 e. The van der Waals surface area contributed by atoms with E-state index in [4.69, 9.17) is 21.1 Å². The van der Waals surface area contributed by atoms with Crippen LogP contribution in [0.4, 0.5) is 0 Å². The Balaban J connectivity index is 2.52. The Morgan fingerprint density at radius 2 is 2.42 bits per heavy atom. The molecule has 0 bridgehead atoms. The Hall–Kier alpha value is -1.22. The van der Waals surface area contributed by atoms with Crippen LogP contribution in [0.3, 0.4) is 0 Å². The molecule has 0 atom stereocenters. The predicted molar refractivity (Wildman–Crippen MR) is 45.0 cm³/mol. The van der Waals surface area contributed by atoms with E-state index >= 15 is 0 Å². The van der Waals surface area contributed by atoms with Crippen LogP contribution in [0.25, 0.3) is 6.08 Å². The lowest BCUT2D eigenvalue weighted by molar-refractivity contribution is -0.135. The van der Waals surface area contributed by atoms with E-state index in [-0.39, 0.29) is 6.42 Å². The largest absolute Gasteiger partial charge is 0.481 e. The summed E-state index contributed by atoms with van der Waals surface area (Å²) in [5.41, 5.74) is 0. The van der Waals surface area contributed by atoms with Crippen molar-refractivity contribution in [1.82, 2.24) is 0 Å². The molecule has 0 spiro atoms. The fraction of sp³-hybridized carbons (Fsp3) is 0.125. The highest BCUT2D eigenvalue weighted by molar-refractivity contribution is 6.28. The van der Waals surface area contributed by atoms with Gasteiger partial charge in [0.05, 0.1) is 6.42 Å². The first-order valence-electron chi connectivity index (χ1n) is 3.32. The van der Waals surface area contributed by atoms with Gasteiger partial charge in [0.15, 0.2) is 5.22 Å². The van der Waals surface area contributed by atoms with Crippen LogP contribution in [-0.4, -0.2) is 11.1 Å². The highest BCUT2D eigenvalue weighted by Gasteiger charge is 1.94. The zero-order valence-electron chi connectivity index (χ0n) is 6.16. The van der Waals surface area contributed by atoms with Gasteiger partial charge in [0.25, 0.3) is 0 Å². The second-order valence-corrected chi connectivity index (χ2v) is 2.51. The van der Waals surface area contributed by atoms with Crippen LogP contribution >= 0.6 is 11.6 Å². The van der Waals surface area contributed by atoms with Gasteiger partial charge in [0.1, 0.15) is 5.76 Å². The summed E-state index contributed by atoms with van der Waals surface area (Å²) < 4.78 is 4.95. The average Bonchev–Trinajstić information content (AvgIpc) is 2.35. The fourth-order valence-corrected chi connectivity index (χ4v) is 0.846. The number of aliphatic carboxylic acids is 1. The van der Waals surface area contributed by atoms with Crippen molar-refractivity contribution in [2.45, 2.75) is 6.42 Å². The number of furan rings is 1. The van der Waals surface area contributed by atoms with E-state index in [1.807, 2.05) is 0 Å². The predicted octanol–water partition coefficient (Wildman–Crippen LogP) is 2.42. The quantitative estimate of drug-likeness (QED) is 0.789. The lowest BCUT2D eigenvalue weighted by atomic mass is 10.3. The third-order valence-electron chi connectivity index (χ3n) is 1.17. The van der Waals surface area contributed by atoms with Gasteiger partial charge in [0.2, 0.25) is 0 Å². The molecule has 1 heterocycles. The summed E-state index contributed by atoms with van der Waals surface area (Å²) in [7, 11) is 0.